The zero-order valence-corrected chi connectivity index (χ0v) is 9.47. The third-order valence-corrected chi connectivity index (χ3v) is 2.66. The second-order valence-electron chi connectivity index (χ2n) is 3.16. The van der Waals surface area contributed by atoms with Crippen LogP contribution in [0.2, 0.25) is 0 Å². The maximum Gasteiger partial charge on any atom is 0.122 e. The number of methoxy groups -OCH3 is 2. The Hall–Kier alpha value is -0.890. The molecule has 0 bridgehead atoms. The lowest BCUT2D eigenvalue weighted by Gasteiger charge is -2.14. The van der Waals surface area contributed by atoms with Crippen LogP contribution in [0.3, 0.4) is 0 Å². The molecule has 0 saturated heterocycles. The first-order chi connectivity index (χ1) is 6.72. The van der Waals surface area contributed by atoms with Gasteiger partial charge in [0.2, 0.25) is 0 Å². The highest BCUT2D eigenvalue weighted by Crippen LogP contribution is 2.30. The largest absolute Gasteiger partial charge is 0.497 e. The van der Waals surface area contributed by atoms with Crippen LogP contribution in [0.25, 0.3) is 0 Å². The molecule has 0 spiro atoms. The van der Waals surface area contributed by atoms with Gasteiger partial charge in [-0.25, -0.2) is 0 Å². The van der Waals surface area contributed by atoms with Crippen LogP contribution in [0.5, 0.6) is 11.5 Å². The van der Waals surface area contributed by atoms with E-state index in [1.165, 1.54) is 0 Å². The first-order valence-electron chi connectivity index (χ1n) is 4.50. The molecule has 0 N–H and O–H groups in total. The molecule has 0 saturated carbocycles. The SMILES string of the molecule is COc1ccc(OC)c(C(C)CCl)c1. The molecule has 78 valence electrons. The van der Waals surface area contributed by atoms with Gasteiger partial charge in [0.15, 0.2) is 0 Å². The van der Waals surface area contributed by atoms with Crippen LogP contribution in [0, 0.1) is 0 Å². The number of ether oxygens (including phenoxy) is 2. The molecule has 1 aromatic rings. The summed E-state index contributed by atoms with van der Waals surface area (Å²) in [5, 5.41) is 0. The fraction of sp³-hybridized carbons (Fsp3) is 0.455. The predicted molar refractivity (Wildman–Crippen MR) is 58.7 cm³/mol. The first-order valence-corrected chi connectivity index (χ1v) is 5.04. The number of halogens is 1. The van der Waals surface area contributed by atoms with Crippen molar-refractivity contribution in [1.82, 2.24) is 0 Å². The minimum absolute atomic E-state index is 0.265. The number of hydrogen-bond donors (Lipinski definition) is 0. The van der Waals surface area contributed by atoms with E-state index in [9.17, 15) is 0 Å². The Morgan fingerprint density at radius 1 is 1.29 bits per heavy atom. The Bertz CT molecular complexity index is 299. The summed E-state index contributed by atoms with van der Waals surface area (Å²) in [5.41, 5.74) is 1.09. The van der Waals surface area contributed by atoms with Crippen LogP contribution in [-0.2, 0) is 0 Å². The molecule has 0 radical (unpaired) electrons. The van der Waals surface area contributed by atoms with Crippen molar-refractivity contribution in [2.75, 3.05) is 20.1 Å². The Morgan fingerprint density at radius 2 is 2.00 bits per heavy atom. The lowest BCUT2D eigenvalue weighted by molar-refractivity contribution is 0.397. The van der Waals surface area contributed by atoms with Crippen molar-refractivity contribution in [2.45, 2.75) is 12.8 Å². The molecule has 1 aromatic carbocycles. The highest BCUT2D eigenvalue weighted by Gasteiger charge is 2.11. The van der Waals surface area contributed by atoms with E-state index in [4.69, 9.17) is 21.1 Å². The van der Waals surface area contributed by atoms with Crippen LogP contribution < -0.4 is 9.47 Å². The lowest BCUT2D eigenvalue weighted by Crippen LogP contribution is -1.99. The van der Waals surface area contributed by atoms with E-state index < -0.39 is 0 Å². The van der Waals surface area contributed by atoms with E-state index in [1.54, 1.807) is 14.2 Å². The lowest BCUT2D eigenvalue weighted by atomic mass is 10.0. The topological polar surface area (TPSA) is 18.5 Å². The number of rotatable bonds is 4. The molecular weight excluding hydrogens is 200 g/mol. The fourth-order valence-electron chi connectivity index (χ4n) is 1.31. The molecule has 14 heavy (non-hydrogen) atoms. The van der Waals surface area contributed by atoms with Crippen molar-refractivity contribution >= 4 is 11.6 Å². The molecule has 1 rings (SSSR count). The molecule has 1 unspecified atom stereocenters. The molecular formula is C11H15ClO2. The third kappa shape index (κ3) is 2.32. The van der Waals surface area contributed by atoms with Crippen LogP contribution in [0.15, 0.2) is 18.2 Å². The molecule has 0 fully saturated rings. The molecule has 0 aliphatic heterocycles. The van der Waals surface area contributed by atoms with Crippen molar-refractivity contribution in [3.05, 3.63) is 23.8 Å². The summed E-state index contributed by atoms with van der Waals surface area (Å²) in [6.45, 7) is 2.06. The average Bonchev–Trinajstić information content (AvgIpc) is 2.27. The molecule has 0 heterocycles. The zero-order chi connectivity index (χ0) is 10.6. The molecule has 0 amide bonds. The van der Waals surface area contributed by atoms with E-state index in [-0.39, 0.29) is 5.92 Å². The summed E-state index contributed by atoms with van der Waals surface area (Å²) in [7, 11) is 3.31. The molecule has 2 nitrogen and oxygen atoms in total. The van der Waals surface area contributed by atoms with Gasteiger partial charge in [-0.15, -0.1) is 11.6 Å². The number of benzene rings is 1. The normalized spacial score (nSPS) is 12.3. The van der Waals surface area contributed by atoms with Gasteiger partial charge in [0.05, 0.1) is 14.2 Å². The minimum Gasteiger partial charge on any atom is -0.497 e. The van der Waals surface area contributed by atoms with Gasteiger partial charge >= 0.3 is 0 Å². The quantitative estimate of drug-likeness (QED) is 0.718. The zero-order valence-electron chi connectivity index (χ0n) is 8.71. The van der Waals surface area contributed by atoms with E-state index in [2.05, 4.69) is 6.92 Å². The van der Waals surface area contributed by atoms with Crippen LogP contribution >= 0.6 is 11.6 Å². The Balaban J connectivity index is 3.08. The highest BCUT2D eigenvalue weighted by molar-refractivity contribution is 6.18. The van der Waals surface area contributed by atoms with Crippen LogP contribution in [0.4, 0.5) is 0 Å². The first kappa shape index (κ1) is 11.2. The second-order valence-corrected chi connectivity index (χ2v) is 3.47. The maximum atomic E-state index is 5.81. The minimum atomic E-state index is 0.265. The van der Waals surface area contributed by atoms with Crippen molar-refractivity contribution in [1.29, 1.82) is 0 Å². The van der Waals surface area contributed by atoms with Gasteiger partial charge in [-0.2, -0.15) is 0 Å². The second kappa shape index (κ2) is 5.11. The summed E-state index contributed by atoms with van der Waals surface area (Å²) < 4.78 is 10.4. The smallest absolute Gasteiger partial charge is 0.122 e. The summed E-state index contributed by atoms with van der Waals surface area (Å²) in [4.78, 5) is 0. The number of hydrogen-bond acceptors (Lipinski definition) is 2. The monoisotopic (exact) mass is 214 g/mol. The summed E-state index contributed by atoms with van der Waals surface area (Å²) >= 11 is 5.81. The summed E-state index contributed by atoms with van der Waals surface area (Å²) in [6, 6.07) is 5.74. The average molecular weight is 215 g/mol. The number of alkyl halides is 1. The Morgan fingerprint density at radius 3 is 2.50 bits per heavy atom. The summed E-state index contributed by atoms with van der Waals surface area (Å²) in [6.07, 6.45) is 0. The van der Waals surface area contributed by atoms with Crippen molar-refractivity contribution in [3.8, 4) is 11.5 Å². The van der Waals surface area contributed by atoms with Gasteiger partial charge in [0.1, 0.15) is 11.5 Å². The molecule has 0 aliphatic rings. The van der Waals surface area contributed by atoms with E-state index in [1.807, 2.05) is 18.2 Å². The van der Waals surface area contributed by atoms with Crippen LogP contribution in [0.1, 0.15) is 18.4 Å². The molecule has 0 aliphatic carbocycles. The van der Waals surface area contributed by atoms with Crippen LogP contribution in [-0.4, -0.2) is 20.1 Å². The fourth-order valence-corrected chi connectivity index (χ4v) is 1.47. The summed E-state index contributed by atoms with van der Waals surface area (Å²) in [5.74, 6) is 2.53. The van der Waals surface area contributed by atoms with E-state index in [0.717, 1.165) is 17.1 Å². The van der Waals surface area contributed by atoms with Crippen molar-refractivity contribution in [3.63, 3.8) is 0 Å². The van der Waals surface area contributed by atoms with Gasteiger partial charge in [-0.05, 0) is 24.1 Å². The Labute approximate surface area is 89.8 Å². The van der Waals surface area contributed by atoms with Gasteiger partial charge in [-0.3, -0.25) is 0 Å². The maximum absolute atomic E-state index is 5.81. The van der Waals surface area contributed by atoms with Crippen molar-refractivity contribution < 1.29 is 9.47 Å². The molecule has 0 aromatic heterocycles. The van der Waals surface area contributed by atoms with Crippen molar-refractivity contribution in [2.24, 2.45) is 0 Å². The van der Waals surface area contributed by atoms with Gasteiger partial charge in [0.25, 0.3) is 0 Å². The molecule has 3 heteroatoms. The van der Waals surface area contributed by atoms with Gasteiger partial charge < -0.3 is 9.47 Å². The third-order valence-electron chi connectivity index (χ3n) is 2.20. The molecule has 1 atom stereocenters. The van der Waals surface area contributed by atoms with Gasteiger partial charge in [-0.1, -0.05) is 6.92 Å². The predicted octanol–water partition coefficient (Wildman–Crippen LogP) is 3.05. The van der Waals surface area contributed by atoms with E-state index >= 15 is 0 Å². The van der Waals surface area contributed by atoms with E-state index in [0.29, 0.717) is 5.88 Å². The standard InChI is InChI=1S/C11H15ClO2/c1-8(7-12)10-6-9(13-2)4-5-11(10)14-3/h4-6,8H,7H2,1-3H3. The Kier molecular flexibility index (Phi) is 4.08. The highest BCUT2D eigenvalue weighted by atomic mass is 35.5. The van der Waals surface area contributed by atoms with Gasteiger partial charge in [0, 0.05) is 11.4 Å².